The third-order valence-corrected chi connectivity index (χ3v) is 2.78. The molecule has 0 unspecified atom stereocenters. The normalized spacial score (nSPS) is 10.6. The van der Waals surface area contributed by atoms with Crippen LogP contribution in [-0.4, -0.2) is 13.2 Å². The van der Waals surface area contributed by atoms with Crippen LogP contribution < -0.4 is 10.1 Å². The number of hydrogen-bond acceptors (Lipinski definition) is 3. The molecular weight excluding hydrogens is 226 g/mol. The molecule has 96 valence electrons. The fourth-order valence-electron chi connectivity index (χ4n) is 1.82. The van der Waals surface area contributed by atoms with Crippen LogP contribution in [0.25, 0.3) is 0 Å². The summed E-state index contributed by atoms with van der Waals surface area (Å²) in [4.78, 5) is 0. The number of hydrogen-bond donors (Lipinski definition) is 1. The first-order valence-corrected chi connectivity index (χ1v) is 6.17. The second kappa shape index (κ2) is 6.26. The molecule has 0 bridgehead atoms. The van der Waals surface area contributed by atoms with Crippen LogP contribution in [0.5, 0.6) is 5.75 Å². The molecule has 1 N–H and O–H groups in total. The first-order valence-electron chi connectivity index (χ1n) is 6.17. The fraction of sp³-hybridized carbons (Fsp3) is 0.333. The molecule has 2 rings (SSSR count). The highest BCUT2D eigenvalue weighted by molar-refractivity contribution is 5.35. The smallest absolute Gasteiger partial charge is 0.122 e. The zero-order valence-electron chi connectivity index (χ0n) is 10.9. The van der Waals surface area contributed by atoms with Gasteiger partial charge in [0, 0.05) is 18.7 Å². The van der Waals surface area contributed by atoms with Crippen molar-refractivity contribution < 1.29 is 9.15 Å². The lowest BCUT2D eigenvalue weighted by Gasteiger charge is -2.10. The van der Waals surface area contributed by atoms with Gasteiger partial charge < -0.3 is 14.5 Å². The van der Waals surface area contributed by atoms with Crippen LogP contribution in [0.1, 0.15) is 16.7 Å². The topological polar surface area (TPSA) is 34.4 Å². The molecule has 0 radical (unpaired) electrons. The van der Waals surface area contributed by atoms with E-state index < -0.39 is 0 Å². The lowest BCUT2D eigenvalue weighted by Crippen LogP contribution is -2.20. The summed E-state index contributed by atoms with van der Waals surface area (Å²) in [6.07, 6.45) is 3.43. The van der Waals surface area contributed by atoms with Crippen LogP contribution in [0.4, 0.5) is 0 Å². The zero-order valence-corrected chi connectivity index (χ0v) is 10.9. The molecule has 0 fully saturated rings. The van der Waals surface area contributed by atoms with E-state index in [9.17, 15) is 0 Å². The van der Waals surface area contributed by atoms with Crippen molar-refractivity contribution >= 4 is 0 Å². The molecule has 0 saturated heterocycles. The van der Waals surface area contributed by atoms with Crippen molar-refractivity contribution in [2.45, 2.75) is 20.4 Å². The maximum absolute atomic E-state index is 5.73. The van der Waals surface area contributed by atoms with Crippen LogP contribution in [-0.2, 0) is 6.54 Å². The van der Waals surface area contributed by atoms with E-state index in [4.69, 9.17) is 9.15 Å². The van der Waals surface area contributed by atoms with Crippen molar-refractivity contribution in [1.29, 1.82) is 0 Å². The van der Waals surface area contributed by atoms with E-state index >= 15 is 0 Å². The Bertz CT molecular complexity index is 477. The van der Waals surface area contributed by atoms with E-state index in [1.54, 1.807) is 12.5 Å². The Morgan fingerprint density at radius 2 is 2.11 bits per heavy atom. The van der Waals surface area contributed by atoms with Crippen LogP contribution >= 0.6 is 0 Å². The molecule has 0 aliphatic carbocycles. The number of ether oxygens (including phenoxy) is 1. The highest BCUT2D eigenvalue weighted by Gasteiger charge is 1.99. The van der Waals surface area contributed by atoms with Crippen molar-refractivity contribution in [1.82, 2.24) is 5.32 Å². The number of furan rings is 1. The lowest BCUT2D eigenvalue weighted by atomic mass is 10.1. The van der Waals surface area contributed by atoms with Crippen LogP contribution in [0.2, 0.25) is 0 Å². The molecule has 3 heteroatoms. The minimum absolute atomic E-state index is 0.668. The lowest BCUT2D eigenvalue weighted by molar-refractivity contribution is 0.311. The Labute approximate surface area is 108 Å². The summed E-state index contributed by atoms with van der Waals surface area (Å²) < 4.78 is 10.7. The first-order chi connectivity index (χ1) is 8.75. The molecule has 3 nitrogen and oxygen atoms in total. The summed E-state index contributed by atoms with van der Waals surface area (Å²) in [5.41, 5.74) is 3.60. The molecule has 1 heterocycles. The molecule has 0 aliphatic heterocycles. The molecule has 1 aromatic carbocycles. The standard InChI is InChI=1S/C15H19NO2/c1-12-3-4-15(13(2)9-12)18-8-6-16-10-14-5-7-17-11-14/h3-5,7,9,11,16H,6,8,10H2,1-2H3. The number of rotatable bonds is 6. The summed E-state index contributed by atoms with van der Waals surface area (Å²) in [7, 11) is 0. The second-order valence-electron chi connectivity index (χ2n) is 4.43. The summed E-state index contributed by atoms with van der Waals surface area (Å²) >= 11 is 0. The minimum atomic E-state index is 0.668. The Morgan fingerprint density at radius 3 is 2.83 bits per heavy atom. The van der Waals surface area contributed by atoms with Crippen molar-refractivity contribution in [3.8, 4) is 5.75 Å². The van der Waals surface area contributed by atoms with Crippen molar-refractivity contribution in [2.75, 3.05) is 13.2 Å². The van der Waals surface area contributed by atoms with Gasteiger partial charge >= 0.3 is 0 Å². The molecule has 0 saturated carbocycles. The van der Waals surface area contributed by atoms with E-state index in [1.165, 1.54) is 11.1 Å². The van der Waals surface area contributed by atoms with Crippen LogP contribution in [0.15, 0.2) is 41.2 Å². The monoisotopic (exact) mass is 245 g/mol. The van der Waals surface area contributed by atoms with Gasteiger partial charge in [0.25, 0.3) is 0 Å². The molecule has 0 amide bonds. The fourth-order valence-corrected chi connectivity index (χ4v) is 1.82. The third-order valence-electron chi connectivity index (χ3n) is 2.78. The summed E-state index contributed by atoms with van der Waals surface area (Å²) in [6, 6.07) is 8.19. The molecule has 0 atom stereocenters. The maximum Gasteiger partial charge on any atom is 0.122 e. The Hall–Kier alpha value is -1.74. The van der Waals surface area contributed by atoms with Gasteiger partial charge in [-0.2, -0.15) is 0 Å². The number of aryl methyl sites for hydroxylation is 2. The van der Waals surface area contributed by atoms with Gasteiger partial charge in [-0.3, -0.25) is 0 Å². The molecule has 2 aromatic rings. The Morgan fingerprint density at radius 1 is 1.22 bits per heavy atom. The number of nitrogens with one attached hydrogen (secondary N) is 1. The third kappa shape index (κ3) is 3.64. The summed E-state index contributed by atoms with van der Waals surface area (Å²) in [5.74, 6) is 0.964. The van der Waals surface area contributed by atoms with E-state index in [-0.39, 0.29) is 0 Å². The Balaban J connectivity index is 1.69. The molecule has 18 heavy (non-hydrogen) atoms. The number of benzene rings is 1. The quantitative estimate of drug-likeness (QED) is 0.794. The van der Waals surface area contributed by atoms with E-state index in [1.807, 2.05) is 12.1 Å². The molecule has 1 aromatic heterocycles. The van der Waals surface area contributed by atoms with E-state index in [2.05, 4.69) is 31.3 Å². The molecule has 0 aliphatic rings. The minimum Gasteiger partial charge on any atom is -0.492 e. The first kappa shape index (κ1) is 12.7. The van der Waals surface area contributed by atoms with Crippen LogP contribution in [0.3, 0.4) is 0 Å². The summed E-state index contributed by atoms with van der Waals surface area (Å²) in [6.45, 7) is 6.46. The van der Waals surface area contributed by atoms with Gasteiger partial charge in [-0.05, 0) is 31.5 Å². The van der Waals surface area contributed by atoms with E-state index in [0.29, 0.717) is 6.61 Å². The average Bonchev–Trinajstić information content (AvgIpc) is 2.84. The van der Waals surface area contributed by atoms with Gasteiger partial charge in [0.05, 0.1) is 12.5 Å². The van der Waals surface area contributed by atoms with E-state index in [0.717, 1.165) is 24.4 Å². The van der Waals surface area contributed by atoms with Gasteiger partial charge in [0.2, 0.25) is 0 Å². The van der Waals surface area contributed by atoms with Gasteiger partial charge in [-0.25, -0.2) is 0 Å². The highest BCUT2D eigenvalue weighted by atomic mass is 16.5. The predicted octanol–water partition coefficient (Wildman–Crippen LogP) is 3.07. The maximum atomic E-state index is 5.73. The van der Waals surface area contributed by atoms with Crippen molar-refractivity contribution in [3.63, 3.8) is 0 Å². The largest absolute Gasteiger partial charge is 0.492 e. The highest BCUT2D eigenvalue weighted by Crippen LogP contribution is 2.18. The predicted molar refractivity (Wildman–Crippen MR) is 71.8 cm³/mol. The van der Waals surface area contributed by atoms with Gasteiger partial charge in [-0.1, -0.05) is 17.7 Å². The molecule has 0 spiro atoms. The van der Waals surface area contributed by atoms with Gasteiger partial charge in [0.1, 0.15) is 12.4 Å². The van der Waals surface area contributed by atoms with Gasteiger partial charge in [-0.15, -0.1) is 0 Å². The van der Waals surface area contributed by atoms with Gasteiger partial charge in [0.15, 0.2) is 0 Å². The second-order valence-corrected chi connectivity index (χ2v) is 4.43. The average molecular weight is 245 g/mol. The van der Waals surface area contributed by atoms with Crippen molar-refractivity contribution in [2.24, 2.45) is 0 Å². The zero-order chi connectivity index (χ0) is 12.8. The van der Waals surface area contributed by atoms with Crippen molar-refractivity contribution in [3.05, 3.63) is 53.5 Å². The van der Waals surface area contributed by atoms with Crippen LogP contribution in [0, 0.1) is 13.8 Å². The summed E-state index contributed by atoms with van der Waals surface area (Å²) in [5, 5.41) is 3.30. The Kier molecular flexibility index (Phi) is 4.42. The molecular formula is C15H19NO2. The SMILES string of the molecule is Cc1ccc(OCCNCc2ccoc2)c(C)c1.